The summed E-state index contributed by atoms with van der Waals surface area (Å²) >= 11 is 0. The van der Waals surface area contributed by atoms with Gasteiger partial charge in [0.05, 0.1) is 5.92 Å². The Kier molecular flexibility index (Phi) is 4.95. The molecule has 1 heterocycles. The summed E-state index contributed by atoms with van der Waals surface area (Å²) in [5.41, 5.74) is -0.506. The highest BCUT2D eigenvalue weighted by Crippen LogP contribution is 2.19. The molecule has 1 aliphatic heterocycles. The van der Waals surface area contributed by atoms with Gasteiger partial charge in [-0.3, -0.25) is 4.79 Å². The Hall–Kier alpha value is -1.30. The van der Waals surface area contributed by atoms with E-state index < -0.39 is 5.60 Å². The van der Waals surface area contributed by atoms with Crippen LogP contribution in [0.2, 0.25) is 0 Å². The predicted octanol–water partition coefficient (Wildman–Crippen LogP) is 0.963. The van der Waals surface area contributed by atoms with Crippen LogP contribution < -0.4 is 5.32 Å². The van der Waals surface area contributed by atoms with Crippen molar-refractivity contribution in [1.82, 2.24) is 10.2 Å². The first-order chi connectivity index (χ1) is 8.33. The van der Waals surface area contributed by atoms with Crippen molar-refractivity contribution in [2.75, 3.05) is 26.9 Å². The highest BCUT2D eigenvalue weighted by Gasteiger charge is 2.33. The smallest absolute Gasteiger partial charge is 0.410 e. The maximum atomic E-state index is 11.8. The number of carbonyl (C=O) groups excluding carboxylic acids is 2. The van der Waals surface area contributed by atoms with Gasteiger partial charge in [0.15, 0.2) is 0 Å². The molecular weight excluding hydrogens is 236 g/mol. The van der Waals surface area contributed by atoms with Crippen LogP contribution in [-0.2, 0) is 14.3 Å². The van der Waals surface area contributed by atoms with Crippen molar-refractivity contribution < 1.29 is 19.1 Å². The molecule has 18 heavy (non-hydrogen) atoms. The lowest BCUT2D eigenvalue weighted by atomic mass is 10.1. The van der Waals surface area contributed by atoms with Crippen molar-refractivity contribution in [1.29, 1.82) is 0 Å². The minimum atomic E-state index is -0.506. The lowest BCUT2D eigenvalue weighted by Crippen LogP contribution is -2.37. The zero-order valence-corrected chi connectivity index (χ0v) is 11.5. The van der Waals surface area contributed by atoms with Crippen LogP contribution in [0.3, 0.4) is 0 Å². The summed E-state index contributed by atoms with van der Waals surface area (Å²) < 4.78 is 10.0. The van der Waals surface area contributed by atoms with E-state index in [0.717, 1.165) is 0 Å². The number of amides is 2. The first kappa shape index (κ1) is 14.8. The standard InChI is InChI=1S/C12H22N2O4/c1-12(2,3)18-11(16)14-6-5-9(7-14)10(15)13-8-17-4/h9H,5-8H2,1-4H3,(H,13,15). The second-order valence-electron chi connectivity index (χ2n) is 5.39. The molecule has 1 saturated heterocycles. The zero-order valence-electron chi connectivity index (χ0n) is 11.5. The molecule has 1 aliphatic rings. The van der Waals surface area contributed by atoms with Crippen LogP contribution >= 0.6 is 0 Å². The molecule has 0 saturated carbocycles. The number of methoxy groups -OCH3 is 1. The van der Waals surface area contributed by atoms with E-state index in [4.69, 9.17) is 9.47 Å². The second-order valence-corrected chi connectivity index (χ2v) is 5.39. The van der Waals surface area contributed by atoms with E-state index in [1.165, 1.54) is 7.11 Å². The van der Waals surface area contributed by atoms with Gasteiger partial charge in [-0.2, -0.15) is 0 Å². The minimum Gasteiger partial charge on any atom is -0.444 e. The highest BCUT2D eigenvalue weighted by atomic mass is 16.6. The van der Waals surface area contributed by atoms with Gasteiger partial charge in [0, 0.05) is 20.2 Å². The predicted molar refractivity (Wildman–Crippen MR) is 65.9 cm³/mol. The number of ether oxygens (including phenoxy) is 2. The summed E-state index contributed by atoms with van der Waals surface area (Å²) in [6.07, 6.45) is 0.305. The van der Waals surface area contributed by atoms with Crippen LogP contribution in [0.5, 0.6) is 0 Å². The van der Waals surface area contributed by atoms with E-state index in [0.29, 0.717) is 19.5 Å². The largest absolute Gasteiger partial charge is 0.444 e. The van der Waals surface area contributed by atoms with Gasteiger partial charge in [-0.15, -0.1) is 0 Å². The van der Waals surface area contributed by atoms with Gasteiger partial charge in [-0.05, 0) is 27.2 Å². The third kappa shape index (κ3) is 4.52. The molecule has 104 valence electrons. The van der Waals surface area contributed by atoms with Crippen molar-refractivity contribution in [2.24, 2.45) is 5.92 Å². The van der Waals surface area contributed by atoms with Gasteiger partial charge in [0.2, 0.25) is 5.91 Å². The van der Waals surface area contributed by atoms with Gasteiger partial charge >= 0.3 is 6.09 Å². The van der Waals surface area contributed by atoms with E-state index in [9.17, 15) is 9.59 Å². The van der Waals surface area contributed by atoms with Crippen molar-refractivity contribution in [3.8, 4) is 0 Å². The van der Waals surface area contributed by atoms with Crippen LogP contribution in [0, 0.1) is 5.92 Å². The maximum absolute atomic E-state index is 11.8. The molecule has 0 aromatic heterocycles. The summed E-state index contributed by atoms with van der Waals surface area (Å²) in [7, 11) is 1.52. The van der Waals surface area contributed by atoms with Gasteiger partial charge in [-0.25, -0.2) is 4.79 Å². The minimum absolute atomic E-state index is 0.0806. The quantitative estimate of drug-likeness (QED) is 0.766. The molecule has 0 aliphatic carbocycles. The van der Waals surface area contributed by atoms with Crippen molar-refractivity contribution in [3.63, 3.8) is 0 Å². The summed E-state index contributed by atoms with van der Waals surface area (Å²) in [5.74, 6) is -0.254. The van der Waals surface area contributed by atoms with E-state index in [2.05, 4.69) is 5.32 Å². The number of carbonyl (C=O) groups is 2. The fourth-order valence-electron chi connectivity index (χ4n) is 1.75. The average molecular weight is 258 g/mol. The molecule has 1 unspecified atom stereocenters. The molecule has 1 atom stereocenters. The second kappa shape index (κ2) is 6.04. The van der Waals surface area contributed by atoms with Crippen LogP contribution in [-0.4, -0.2) is 49.4 Å². The van der Waals surface area contributed by atoms with Crippen molar-refractivity contribution >= 4 is 12.0 Å². The van der Waals surface area contributed by atoms with Crippen LogP contribution in [0.4, 0.5) is 4.79 Å². The Morgan fingerprint density at radius 3 is 2.61 bits per heavy atom. The molecule has 1 fully saturated rings. The first-order valence-corrected chi connectivity index (χ1v) is 6.08. The lowest BCUT2D eigenvalue weighted by molar-refractivity contribution is -0.126. The Labute approximate surface area is 108 Å². The molecule has 2 amide bonds. The molecule has 0 aromatic rings. The number of rotatable bonds is 3. The van der Waals surface area contributed by atoms with Crippen molar-refractivity contribution in [3.05, 3.63) is 0 Å². The van der Waals surface area contributed by atoms with E-state index in [1.54, 1.807) is 4.90 Å². The highest BCUT2D eigenvalue weighted by molar-refractivity contribution is 5.80. The third-order valence-electron chi connectivity index (χ3n) is 2.60. The summed E-state index contributed by atoms with van der Waals surface area (Å²) in [4.78, 5) is 25.0. The summed E-state index contributed by atoms with van der Waals surface area (Å²) in [6, 6.07) is 0. The molecule has 1 rings (SSSR count). The average Bonchev–Trinajstić information content (AvgIpc) is 2.72. The van der Waals surface area contributed by atoms with E-state index >= 15 is 0 Å². The molecule has 6 heteroatoms. The number of nitrogens with one attached hydrogen (secondary N) is 1. The molecule has 6 nitrogen and oxygen atoms in total. The SMILES string of the molecule is COCNC(=O)C1CCN(C(=O)OC(C)(C)C)C1. The monoisotopic (exact) mass is 258 g/mol. The van der Waals surface area contributed by atoms with Crippen molar-refractivity contribution in [2.45, 2.75) is 32.8 Å². The Balaban J connectivity index is 2.41. The van der Waals surface area contributed by atoms with Gasteiger partial charge in [0.25, 0.3) is 0 Å². The summed E-state index contributed by atoms with van der Waals surface area (Å²) in [6.45, 7) is 6.63. The topological polar surface area (TPSA) is 67.9 Å². The number of hydrogen-bond donors (Lipinski definition) is 1. The molecule has 0 spiro atoms. The molecular formula is C12H22N2O4. The number of hydrogen-bond acceptors (Lipinski definition) is 4. The van der Waals surface area contributed by atoms with Gasteiger partial charge in [-0.1, -0.05) is 0 Å². The van der Waals surface area contributed by atoms with E-state index in [1.807, 2.05) is 20.8 Å². The normalized spacial score (nSPS) is 19.8. The van der Waals surface area contributed by atoms with Crippen LogP contribution in [0.15, 0.2) is 0 Å². The van der Waals surface area contributed by atoms with Gasteiger partial charge in [0.1, 0.15) is 12.3 Å². The Morgan fingerprint density at radius 2 is 2.06 bits per heavy atom. The number of likely N-dealkylation sites (tertiary alicyclic amines) is 1. The lowest BCUT2D eigenvalue weighted by Gasteiger charge is -2.24. The third-order valence-corrected chi connectivity index (χ3v) is 2.60. The van der Waals surface area contributed by atoms with Gasteiger partial charge < -0.3 is 19.7 Å². The first-order valence-electron chi connectivity index (χ1n) is 6.08. The molecule has 0 bridgehead atoms. The van der Waals surface area contributed by atoms with Crippen LogP contribution in [0.25, 0.3) is 0 Å². The molecule has 1 N–H and O–H groups in total. The fraction of sp³-hybridized carbons (Fsp3) is 0.833. The fourth-order valence-corrected chi connectivity index (χ4v) is 1.75. The zero-order chi connectivity index (χ0) is 13.8. The molecule has 0 aromatic carbocycles. The Bertz CT molecular complexity index is 312. The summed E-state index contributed by atoms with van der Waals surface area (Å²) in [5, 5.41) is 2.64. The molecule has 0 radical (unpaired) electrons. The van der Waals surface area contributed by atoms with E-state index in [-0.39, 0.29) is 24.6 Å². The maximum Gasteiger partial charge on any atom is 0.410 e. The van der Waals surface area contributed by atoms with Crippen LogP contribution in [0.1, 0.15) is 27.2 Å². The Morgan fingerprint density at radius 1 is 1.39 bits per heavy atom. The number of nitrogens with zero attached hydrogens (tertiary/aromatic N) is 1.